The number of thioether (sulfide) groups is 1. The van der Waals surface area contributed by atoms with E-state index in [0.29, 0.717) is 22.2 Å². The van der Waals surface area contributed by atoms with Gasteiger partial charge in [-0.1, -0.05) is 45.9 Å². The van der Waals surface area contributed by atoms with Crippen LogP contribution in [0, 0.1) is 17.2 Å². The highest BCUT2D eigenvalue weighted by atomic mass is 32.2. The van der Waals surface area contributed by atoms with E-state index in [0.717, 1.165) is 13.8 Å². The fourth-order valence-corrected chi connectivity index (χ4v) is 9.80. The van der Waals surface area contributed by atoms with Gasteiger partial charge in [-0.3, -0.25) is 67.7 Å². The van der Waals surface area contributed by atoms with Crippen molar-refractivity contribution in [3.63, 3.8) is 0 Å². The number of aliphatic hydroxyl groups excluding tert-OH is 4. The molecule has 0 saturated heterocycles. The largest absolute Gasteiger partial charge is 0.481 e. The van der Waals surface area contributed by atoms with Gasteiger partial charge in [0.1, 0.15) is 66.5 Å². The molecule has 26 N–H and O–H groups in total. The van der Waals surface area contributed by atoms with Gasteiger partial charge in [0, 0.05) is 36.5 Å². The van der Waals surface area contributed by atoms with Crippen molar-refractivity contribution in [1.29, 1.82) is 5.41 Å². The lowest BCUT2D eigenvalue weighted by Gasteiger charge is -2.29. The number of hydrogen-bond acceptors (Lipinski definition) is 21. The number of carboxylic acids is 2. The second-order valence-electron chi connectivity index (χ2n) is 23.7. The number of para-hydroxylation sites is 1. The number of aliphatic hydroxyl groups is 4. The van der Waals surface area contributed by atoms with Crippen molar-refractivity contribution >= 4 is 111 Å². The van der Waals surface area contributed by atoms with Crippen molar-refractivity contribution in [3.05, 3.63) is 36.0 Å². The molecule has 1 heterocycles. The third-order valence-corrected chi connectivity index (χ3v) is 15.2. The Labute approximate surface area is 562 Å². The number of H-pyrrole nitrogens is 1. The molecule has 542 valence electrons. The van der Waals surface area contributed by atoms with Crippen LogP contribution in [0.1, 0.15) is 98.5 Å². The van der Waals surface area contributed by atoms with E-state index in [1.54, 1.807) is 58.2 Å². The Kier molecular flexibility index (Phi) is 36.6. The predicted molar refractivity (Wildman–Crippen MR) is 349 cm³/mol. The third-order valence-electron chi connectivity index (χ3n) is 14.6. The Morgan fingerprint density at radius 3 is 1.46 bits per heavy atom. The zero-order chi connectivity index (χ0) is 73.4. The number of benzene rings is 1. The highest BCUT2D eigenvalue weighted by molar-refractivity contribution is 7.98. The molecule has 12 amide bonds. The number of amides is 12. The number of carboxylic acid groups (broad SMARTS) is 2. The number of guanidine groups is 1. The lowest BCUT2D eigenvalue weighted by atomic mass is 10.0. The quantitative estimate of drug-likeness (QED) is 0.0166. The summed E-state index contributed by atoms with van der Waals surface area (Å²) in [5.74, 6) is -16.7. The fraction of sp³-hybridized carbons (Fsp3) is 0.610. The number of aromatic amines is 1. The Bertz CT molecular complexity index is 3060. The summed E-state index contributed by atoms with van der Waals surface area (Å²) in [5, 5.41) is 97.1. The van der Waals surface area contributed by atoms with E-state index >= 15 is 0 Å². The molecule has 97 heavy (non-hydrogen) atoms. The third kappa shape index (κ3) is 29.7. The summed E-state index contributed by atoms with van der Waals surface area (Å²) in [5.41, 5.74) is 17.5. The first-order valence-corrected chi connectivity index (χ1v) is 32.4. The van der Waals surface area contributed by atoms with Crippen LogP contribution in [0.4, 0.5) is 0 Å². The van der Waals surface area contributed by atoms with Crippen LogP contribution in [0.5, 0.6) is 0 Å². The molecule has 0 radical (unpaired) electrons. The zero-order valence-electron chi connectivity index (χ0n) is 55.0. The minimum absolute atomic E-state index is 0.0288. The number of carbonyl (C=O) groups is 14. The van der Waals surface area contributed by atoms with E-state index in [4.69, 9.17) is 22.6 Å². The number of fused-ring (bicyclic) bond motifs is 1. The molecule has 1 aromatic heterocycles. The number of nitrogens with two attached hydrogens (primary N) is 3. The lowest BCUT2D eigenvalue weighted by molar-refractivity contribution is -0.142. The van der Waals surface area contributed by atoms with Crippen LogP contribution in [0.2, 0.25) is 0 Å². The normalized spacial score (nSPS) is 15.2. The summed E-state index contributed by atoms with van der Waals surface area (Å²) >= 11 is 1.32. The van der Waals surface area contributed by atoms with Crippen molar-refractivity contribution in [2.24, 2.45) is 29.0 Å². The highest BCUT2D eigenvalue weighted by Gasteiger charge is 2.38. The van der Waals surface area contributed by atoms with Crippen LogP contribution in [0.3, 0.4) is 0 Å². The van der Waals surface area contributed by atoms with E-state index < -0.39 is 200 Å². The summed E-state index contributed by atoms with van der Waals surface area (Å²) in [7, 11) is 0. The number of aliphatic carboxylic acids is 2. The first kappa shape index (κ1) is 83.8. The van der Waals surface area contributed by atoms with E-state index in [1.165, 1.54) is 18.0 Å². The van der Waals surface area contributed by atoms with Gasteiger partial charge in [0.05, 0.1) is 38.4 Å². The molecule has 0 spiro atoms. The van der Waals surface area contributed by atoms with Gasteiger partial charge in [0.15, 0.2) is 5.96 Å². The molecule has 0 aliphatic rings. The van der Waals surface area contributed by atoms with Crippen molar-refractivity contribution in [2.75, 3.05) is 38.4 Å². The van der Waals surface area contributed by atoms with Gasteiger partial charge in [0.25, 0.3) is 0 Å². The van der Waals surface area contributed by atoms with E-state index in [9.17, 15) is 97.8 Å². The summed E-state index contributed by atoms with van der Waals surface area (Å²) in [6.07, 6.45) is -0.778. The van der Waals surface area contributed by atoms with Crippen LogP contribution in [0.15, 0.2) is 30.5 Å². The molecule has 2 aromatic rings. The van der Waals surface area contributed by atoms with E-state index in [2.05, 4.69) is 68.8 Å². The summed E-state index contributed by atoms with van der Waals surface area (Å²) in [4.78, 5) is 189. The first-order chi connectivity index (χ1) is 45.6. The monoisotopic (exact) mass is 1390 g/mol. The molecule has 0 saturated carbocycles. The highest BCUT2D eigenvalue weighted by Crippen LogP contribution is 2.20. The van der Waals surface area contributed by atoms with Crippen molar-refractivity contribution in [1.82, 2.24) is 68.8 Å². The number of hydrogen-bond donors (Lipinski definition) is 23. The minimum atomic E-state index is -2.05. The Balaban J connectivity index is 2.39. The molecule has 0 aliphatic carbocycles. The predicted octanol–water partition coefficient (Wildman–Crippen LogP) is -7.32. The summed E-state index contributed by atoms with van der Waals surface area (Å²) in [6.45, 7) is 5.69. The molecular weight excluding hydrogens is 1300 g/mol. The van der Waals surface area contributed by atoms with Gasteiger partial charge in [-0.25, -0.2) is 4.79 Å². The van der Waals surface area contributed by atoms with Gasteiger partial charge in [-0.15, -0.1) is 0 Å². The second kappa shape index (κ2) is 42.3. The molecule has 37 nitrogen and oxygen atoms in total. The van der Waals surface area contributed by atoms with Crippen LogP contribution in [-0.2, 0) is 73.5 Å². The average Bonchev–Trinajstić information content (AvgIpc) is 1.75. The molecule has 38 heteroatoms. The van der Waals surface area contributed by atoms with E-state index in [-0.39, 0.29) is 63.8 Å². The zero-order valence-corrected chi connectivity index (χ0v) is 55.8. The number of carbonyl (C=O) groups excluding carboxylic acids is 12. The standard InChI is InChI=1S/C59H95N17O20S/c1-27(2)19-37(51(88)75-42(25-78)55(92)68-36(58(95)96)16-18-97-7)69-47(84)29(5)66-54(91)41(24-77)74-52(89)40(22-45(82)83)71-50(87)38(20-28(3)4)72-57(94)46(30(6)80)76-53(90)39(21-31-23-65-34-12-9-8-11-32(31)34)70-56(93)43(26-79)73-49(86)35(13-10-17-64-59(62)63)67-48(85)33(60)14-15-44(61)81/h8-9,11-12,23,27-30,33,35-43,46,65,77-80H,10,13-22,24-26,60H2,1-7H3,(H2,61,81)(H,66,91)(H,67,85)(H,68,92)(H,69,84)(H,70,93)(H,71,87)(H,72,94)(H,73,86)(H,74,89)(H,75,88)(H,76,90)(H,82,83)(H,95,96)(H4,62,63,64)/t29-,30+,33-,35-,36-,37-,38-,39-,40-,41-,42-,43-,46-/m0/s1. The SMILES string of the molecule is CSCC[C@H](NC(=O)[C@H](CO)NC(=O)[C@H](CC(C)C)NC(=O)[C@H](C)NC(=O)[C@H](CO)NC(=O)[C@H](CC(=O)O)NC(=O)[C@H](CC(C)C)NC(=O)[C@@H](NC(=O)[C@H](Cc1c[nH]c2ccccc12)NC(=O)[C@H](CO)NC(=O)[C@H](CCCNC(=N)N)NC(=O)[C@@H](N)CCC(N)=O)[C@@H](C)O)C(=O)O. The maximum absolute atomic E-state index is 14.5. The maximum Gasteiger partial charge on any atom is 0.326 e. The lowest BCUT2D eigenvalue weighted by Crippen LogP contribution is -2.62. The van der Waals surface area contributed by atoms with E-state index in [1.807, 2.05) is 0 Å². The Morgan fingerprint density at radius 2 is 0.979 bits per heavy atom. The van der Waals surface area contributed by atoms with Gasteiger partial charge >= 0.3 is 11.9 Å². The molecule has 0 unspecified atom stereocenters. The Hall–Kier alpha value is -9.24. The molecular formula is C59H95N17O20S. The van der Waals surface area contributed by atoms with Gasteiger partial charge in [-0.2, -0.15) is 11.8 Å². The van der Waals surface area contributed by atoms with Gasteiger partial charge in [-0.05, 0) is 87.8 Å². The molecule has 1 aromatic carbocycles. The molecule has 0 fully saturated rings. The van der Waals surface area contributed by atoms with Crippen LogP contribution in [-0.4, -0.2) is 241 Å². The summed E-state index contributed by atoms with van der Waals surface area (Å²) < 4.78 is 0. The van der Waals surface area contributed by atoms with Crippen LogP contribution < -0.4 is 81.0 Å². The summed E-state index contributed by atoms with van der Waals surface area (Å²) in [6, 6.07) is -13.0. The van der Waals surface area contributed by atoms with Crippen molar-refractivity contribution in [3.8, 4) is 0 Å². The number of rotatable bonds is 45. The fourth-order valence-electron chi connectivity index (χ4n) is 9.33. The first-order valence-electron chi connectivity index (χ1n) is 31.0. The van der Waals surface area contributed by atoms with Crippen molar-refractivity contribution in [2.45, 2.75) is 178 Å². The molecule has 13 atom stereocenters. The molecule has 0 aliphatic heterocycles. The van der Waals surface area contributed by atoms with Crippen LogP contribution >= 0.6 is 11.8 Å². The maximum atomic E-state index is 14.5. The number of primary amides is 1. The second-order valence-corrected chi connectivity index (χ2v) is 24.7. The number of nitrogens with one attached hydrogen (secondary N) is 14. The molecule has 0 bridgehead atoms. The topological polar surface area (TPSA) is 622 Å². The Morgan fingerprint density at radius 1 is 0.536 bits per heavy atom. The molecule has 2 rings (SSSR count). The van der Waals surface area contributed by atoms with Crippen LogP contribution in [0.25, 0.3) is 10.9 Å². The minimum Gasteiger partial charge on any atom is -0.481 e. The average molecular weight is 1390 g/mol. The van der Waals surface area contributed by atoms with Gasteiger partial charge in [0.2, 0.25) is 70.9 Å². The number of aromatic nitrogens is 1. The van der Waals surface area contributed by atoms with Gasteiger partial charge < -0.3 is 117 Å². The smallest absolute Gasteiger partial charge is 0.326 e. The van der Waals surface area contributed by atoms with Crippen molar-refractivity contribution < 1.29 is 97.8 Å².